The van der Waals surface area contributed by atoms with E-state index in [0.29, 0.717) is 99.1 Å². The van der Waals surface area contributed by atoms with Crippen LogP contribution in [0.5, 0.6) is 0 Å². The molecule has 0 aliphatic carbocycles. The molecule has 0 bridgehead atoms. The molecule has 0 aliphatic rings. The first-order valence-corrected chi connectivity index (χ1v) is 13.0. The minimum Gasteiger partial charge on any atom is -0.463 e. The Morgan fingerprint density at radius 3 is 1.20 bits per heavy atom. The van der Waals surface area contributed by atoms with Gasteiger partial charge in [0, 0.05) is 7.11 Å². The van der Waals surface area contributed by atoms with Crippen LogP contribution < -0.4 is 0 Å². The van der Waals surface area contributed by atoms with Gasteiger partial charge in [0.1, 0.15) is 6.61 Å². The maximum Gasteiger partial charge on any atom is 0.308 e. The molecule has 0 saturated heterocycles. The molecule has 0 aromatic carbocycles. The predicted octanol–water partition coefficient (Wildman–Crippen LogP) is 2.51. The van der Waals surface area contributed by atoms with Crippen LogP contribution in [0.25, 0.3) is 0 Å². The van der Waals surface area contributed by atoms with Gasteiger partial charge in [-0.2, -0.15) is 0 Å². The number of carbonyl (C=O) groups is 1. The molecule has 0 heterocycles. The van der Waals surface area contributed by atoms with Crippen molar-refractivity contribution >= 4 is 5.97 Å². The molecule has 0 aromatic heterocycles. The van der Waals surface area contributed by atoms with E-state index in [4.69, 9.17) is 42.6 Å². The van der Waals surface area contributed by atoms with Crippen LogP contribution in [0, 0.1) is 5.92 Å². The summed E-state index contributed by atoms with van der Waals surface area (Å²) in [5.41, 5.74) is 0. The van der Waals surface area contributed by atoms with Crippen LogP contribution >= 0.6 is 0 Å². The maximum atomic E-state index is 12.0. The van der Waals surface area contributed by atoms with Crippen LogP contribution in [0.1, 0.15) is 39.5 Å². The molecule has 210 valence electrons. The quantitative estimate of drug-likeness (QED) is 0.110. The fraction of sp³-hybridized carbons (Fsp3) is 0.960. The lowest BCUT2D eigenvalue weighted by molar-refractivity contribution is -0.150. The lowest BCUT2D eigenvalue weighted by Gasteiger charge is -2.13. The van der Waals surface area contributed by atoms with Crippen LogP contribution in [0.4, 0.5) is 0 Å². The number of carbonyl (C=O) groups excluding carboxylic acids is 1. The lowest BCUT2D eigenvalue weighted by atomic mass is 10.00. The summed E-state index contributed by atoms with van der Waals surface area (Å²) in [5.74, 6) is -0.111. The monoisotopic (exact) mass is 510 g/mol. The molecule has 0 saturated carbocycles. The van der Waals surface area contributed by atoms with Crippen molar-refractivity contribution in [3.63, 3.8) is 0 Å². The van der Waals surface area contributed by atoms with Crippen LogP contribution in [0.15, 0.2) is 0 Å². The molecule has 0 aromatic rings. The Kier molecular flexibility index (Phi) is 28.7. The zero-order valence-corrected chi connectivity index (χ0v) is 22.3. The molecule has 1 unspecified atom stereocenters. The summed E-state index contributed by atoms with van der Waals surface area (Å²) in [5, 5.41) is 0. The van der Waals surface area contributed by atoms with E-state index >= 15 is 0 Å². The van der Waals surface area contributed by atoms with Gasteiger partial charge in [0.15, 0.2) is 0 Å². The highest BCUT2D eigenvalue weighted by molar-refractivity contribution is 5.72. The third kappa shape index (κ3) is 26.0. The van der Waals surface area contributed by atoms with Gasteiger partial charge in [0.05, 0.1) is 105 Å². The second kappa shape index (κ2) is 29.4. The molecule has 35 heavy (non-hydrogen) atoms. The summed E-state index contributed by atoms with van der Waals surface area (Å²) in [6, 6.07) is 0. The Labute approximate surface area is 212 Å². The van der Waals surface area contributed by atoms with Crippen molar-refractivity contribution in [2.75, 3.05) is 113 Å². The van der Waals surface area contributed by atoms with Gasteiger partial charge in [-0.05, 0) is 12.8 Å². The van der Waals surface area contributed by atoms with E-state index in [9.17, 15) is 4.79 Å². The highest BCUT2D eigenvalue weighted by Crippen LogP contribution is 2.14. The van der Waals surface area contributed by atoms with Crippen molar-refractivity contribution < 1.29 is 47.4 Å². The number of esters is 1. The Hall–Kier alpha value is -0.850. The molecular weight excluding hydrogens is 460 g/mol. The van der Waals surface area contributed by atoms with Crippen LogP contribution in [0.2, 0.25) is 0 Å². The number of ether oxygens (including phenoxy) is 9. The Balaban J connectivity index is 3.18. The fourth-order valence-corrected chi connectivity index (χ4v) is 2.82. The van der Waals surface area contributed by atoms with E-state index in [0.717, 1.165) is 25.7 Å². The summed E-state index contributed by atoms with van der Waals surface area (Å²) in [7, 11) is 1.64. The first kappa shape index (κ1) is 34.1. The van der Waals surface area contributed by atoms with Crippen molar-refractivity contribution in [2.45, 2.75) is 39.5 Å². The number of rotatable bonds is 29. The van der Waals surface area contributed by atoms with Gasteiger partial charge in [-0.15, -0.1) is 0 Å². The summed E-state index contributed by atoms with van der Waals surface area (Å²) in [6.45, 7) is 12.2. The van der Waals surface area contributed by atoms with E-state index in [2.05, 4.69) is 6.92 Å². The number of hydrogen-bond donors (Lipinski definition) is 0. The largest absolute Gasteiger partial charge is 0.463 e. The van der Waals surface area contributed by atoms with Gasteiger partial charge < -0.3 is 42.6 Å². The fourth-order valence-electron chi connectivity index (χ4n) is 2.82. The first-order chi connectivity index (χ1) is 17.3. The van der Waals surface area contributed by atoms with Gasteiger partial charge in [-0.1, -0.05) is 26.7 Å². The minimum atomic E-state index is -0.115. The van der Waals surface area contributed by atoms with Crippen molar-refractivity contribution in [1.29, 1.82) is 0 Å². The van der Waals surface area contributed by atoms with E-state index in [1.807, 2.05) is 6.92 Å². The Morgan fingerprint density at radius 1 is 0.543 bits per heavy atom. The zero-order chi connectivity index (χ0) is 25.7. The van der Waals surface area contributed by atoms with Crippen molar-refractivity contribution in [3.05, 3.63) is 0 Å². The van der Waals surface area contributed by atoms with Gasteiger partial charge in [-0.25, -0.2) is 0 Å². The van der Waals surface area contributed by atoms with E-state index in [-0.39, 0.29) is 18.5 Å². The minimum absolute atomic E-state index is 0.00458. The Bertz CT molecular complexity index is 425. The molecule has 0 fully saturated rings. The molecule has 0 rings (SSSR count). The van der Waals surface area contributed by atoms with Crippen molar-refractivity contribution in [2.24, 2.45) is 5.92 Å². The van der Waals surface area contributed by atoms with E-state index < -0.39 is 0 Å². The summed E-state index contributed by atoms with van der Waals surface area (Å²) >= 11 is 0. The molecule has 0 amide bonds. The van der Waals surface area contributed by atoms with Gasteiger partial charge in [0.25, 0.3) is 0 Å². The molecule has 10 heteroatoms. The van der Waals surface area contributed by atoms with Crippen molar-refractivity contribution in [3.8, 4) is 0 Å². The molecule has 1 atom stereocenters. The second-order valence-corrected chi connectivity index (χ2v) is 7.69. The number of hydrogen-bond acceptors (Lipinski definition) is 10. The maximum absolute atomic E-state index is 12.0. The lowest BCUT2D eigenvalue weighted by Crippen LogP contribution is -2.20. The summed E-state index contributed by atoms with van der Waals surface area (Å²) < 4.78 is 48.0. The third-order valence-electron chi connectivity index (χ3n) is 4.87. The SMILES string of the molecule is CCCCC(CC)C(=O)OCCOCCOCCOCCOCCOCCOCCOCCOC. The van der Waals surface area contributed by atoms with Gasteiger partial charge >= 0.3 is 5.97 Å². The molecule has 10 nitrogen and oxygen atoms in total. The smallest absolute Gasteiger partial charge is 0.308 e. The second-order valence-electron chi connectivity index (χ2n) is 7.69. The van der Waals surface area contributed by atoms with Crippen LogP contribution in [0.3, 0.4) is 0 Å². The highest BCUT2D eigenvalue weighted by Gasteiger charge is 2.16. The summed E-state index contributed by atoms with van der Waals surface area (Å²) in [4.78, 5) is 12.0. The third-order valence-corrected chi connectivity index (χ3v) is 4.87. The van der Waals surface area contributed by atoms with Gasteiger partial charge in [-0.3, -0.25) is 4.79 Å². The van der Waals surface area contributed by atoms with Gasteiger partial charge in [0.2, 0.25) is 0 Å². The highest BCUT2D eigenvalue weighted by atomic mass is 16.6. The average Bonchev–Trinajstić information content (AvgIpc) is 2.87. The normalized spacial score (nSPS) is 12.2. The first-order valence-electron chi connectivity index (χ1n) is 13.0. The topological polar surface area (TPSA) is 100 Å². The predicted molar refractivity (Wildman–Crippen MR) is 132 cm³/mol. The average molecular weight is 511 g/mol. The zero-order valence-electron chi connectivity index (χ0n) is 22.3. The Morgan fingerprint density at radius 2 is 0.886 bits per heavy atom. The van der Waals surface area contributed by atoms with E-state index in [1.165, 1.54) is 0 Å². The molecular formula is C25H50O10. The van der Waals surface area contributed by atoms with E-state index in [1.54, 1.807) is 7.11 Å². The number of unbranched alkanes of at least 4 members (excludes halogenated alkanes) is 1. The molecule has 0 radical (unpaired) electrons. The molecule has 0 N–H and O–H groups in total. The molecule has 0 aliphatic heterocycles. The van der Waals surface area contributed by atoms with Crippen LogP contribution in [-0.4, -0.2) is 119 Å². The van der Waals surface area contributed by atoms with Crippen molar-refractivity contribution in [1.82, 2.24) is 0 Å². The summed E-state index contributed by atoms with van der Waals surface area (Å²) in [6.07, 6.45) is 3.86. The standard InChI is InChI=1S/C25H50O10/c1-4-6-7-24(5-2)25(26)35-23-22-34-21-20-33-19-18-32-17-16-31-15-14-30-13-12-29-11-10-28-9-8-27-3/h24H,4-23H2,1-3H3. The number of methoxy groups -OCH3 is 1. The van der Waals surface area contributed by atoms with Crippen LogP contribution in [-0.2, 0) is 47.4 Å². The molecule has 0 spiro atoms.